The summed E-state index contributed by atoms with van der Waals surface area (Å²) in [4.78, 5) is 22.6. The van der Waals surface area contributed by atoms with Gasteiger partial charge in [-0.15, -0.1) is 0 Å². The van der Waals surface area contributed by atoms with Crippen molar-refractivity contribution in [2.75, 3.05) is 6.54 Å². The molecule has 3 unspecified atom stereocenters. The summed E-state index contributed by atoms with van der Waals surface area (Å²) in [5.41, 5.74) is 0. The van der Waals surface area contributed by atoms with Gasteiger partial charge in [0.25, 0.3) is 0 Å². The van der Waals surface area contributed by atoms with Crippen molar-refractivity contribution < 1.29 is 19.8 Å². The van der Waals surface area contributed by atoms with Crippen molar-refractivity contribution in [2.24, 2.45) is 5.92 Å². The number of hydrogen-bond donors (Lipinski definition) is 4. The van der Waals surface area contributed by atoms with Gasteiger partial charge in [0.2, 0.25) is 5.91 Å². The number of nitrogens with one attached hydrogen (secondary N) is 2. The molecule has 0 spiro atoms. The Morgan fingerprint density at radius 3 is 2.50 bits per heavy atom. The third kappa shape index (κ3) is 2.51. The Hall–Kier alpha value is -1.14. The molecule has 6 heteroatoms. The Morgan fingerprint density at radius 2 is 2.06 bits per heavy atom. The van der Waals surface area contributed by atoms with Crippen LogP contribution < -0.4 is 10.6 Å². The highest BCUT2D eigenvalue weighted by Gasteiger charge is 2.39. The number of β-amino-alcohol motifs (C(OH)–C–C–N with tert-alkyl or cyclic N) is 1. The predicted molar refractivity (Wildman–Crippen MR) is 54.7 cm³/mol. The van der Waals surface area contributed by atoms with Crippen molar-refractivity contribution in [1.29, 1.82) is 0 Å². The minimum atomic E-state index is -0.977. The molecule has 2 aliphatic rings. The second kappa shape index (κ2) is 4.39. The molecule has 2 rings (SSSR count). The number of amides is 1. The summed E-state index contributed by atoms with van der Waals surface area (Å²) in [6.45, 7) is 0.388. The lowest BCUT2D eigenvalue weighted by Gasteiger charge is -2.16. The van der Waals surface area contributed by atoms with Crippen LogP contribution in [0.1, 0.15) is 19.3 Å². The van der Waals surface area contributed by atoms with E-state index in [0.717, 1.165) is 12.8 Å². The van der Waals surface area contributed by atoms with Gasteiger partial charge in [-0.2, -0.15) is 0 Å². The molecule has 0 aromatic heterocycles. The monoisotopic (exact) mass is 228 g/mol. The molecule has 1 amide bonds. The molecule has 1 aliphatic heterocycles. The molecule has 4 N–H and O–H groups in total. The standard InChI is InChI=1S/C10H16N2O4/c13-6-3-7(11-4-6)9(14)12-8(10(15)16)5-1-2-5/h5-8,11,13H,1-4H2,(H,12,14)(H,15,16). The fraction of sp³-hybridized carbons (Fsp3) is 0.800. The largest absolute Gasteiger partial charge is 0.480 e. The second-order valence-electron chi connectivity index (χ2n) is 4.51. The van der Waals surface area contributed by atoms with Crippen LogP contribution in [-0.4, -0.2) is 46.8 Å². The van der Waals surface area contributed by atoms with Crippen LogP contribution in [0.15, 0.2) is 0 Å². The van der Waals surface area contributed by atoms with Crippen LogP contribution in [-0.2, 0) is 9.59 Å². The quantitative estimate of drug-likeness (QED) is 0.479. The fourth-order valence-electron chi connectivity index (χ4n) is 1.98. The number of aliphatic carboxylic acids is 1. The van der Waals surface area contributed by atoms with Crippen LogP contribution in [0.25, 0.3) is 0 Å². The molecule has 6 nitrogen and oxygen atoms in total. The molecule has 1 heterocycles. The van der Waals surface area contributed by atoms with Crippen LogP contribution in [0, 0.1) is 5.92 Å². The predicted octanol–water partition coefficient (Wildman–Crippen LogP) is -1.31. The van der Waals surface area contributed by atoms with Gasteiger partial charge in [0.1, 0.15) is 6.04 Å². The zero-order valence-corrected chi connectivity index (χ0v) is 8.85. The first-order chi connectivity index (χ1) is 7.58. The molecule has 1 saturated carbocycles. The van der Waals surface area contributed by atoms with Crippen molar-refractivity contribution in [2.45, 2.75) is 37.5 Å². The molecular formula is C10H16N2O4. The first kappa shape index (κ1) is 11.3. The van der Waals surface area contributed by atoms with Gasteiger partial charge in [0, 0.05) is 6.54 Å². The number of aliphatic hydroxyl groups is 1. The van der Waals surface area contributed by atoms with Gasteiger partial charge in [-0.05, 0) is 25.2 Å². The summed E-state index contributed by atoms with van der Waals surface area (Å²) in [7, 11) is 0. The van der Waals surface area contributed by atoms with E-state index in [9.17, 15) is 14.7 Å². The highest BCUT2D eigenvalue weighted by molar-refractivity contribution is 5.87. The van der Waals surface area contributed by atoms with E-state index in [1.165, 1.54) is 0 Å². The van der Waals surface area contributed by atoms with E-state index in [0.29, 0.717) is 13.0 Å². The van der Waals surface area contributed by atoms with Crippen LogP contribution in [0.4, 0.5) is 0 Å². The molecule has 90 valence electrons. The Kier molecular flexibility index (Phi) is 3.11. The molecule has 0 bridgehead atoms. The molecule has 0 aromatic rings. The van der Waals surface area contributed by atoms with E-state index in [1.807, 2.05) is 0 Å². The van der Waals surface area contributed by atoms with E-state index < -0.39 is 24.2 Å². The zero-order valence-electron chi connectivity index (χ0n) is 8.85. The Morgan fingerprint density at radius 1 is 1.38 bits per heavy atom. The van der Waals surface area contributed by atoms with Crippen LogP contribution in [0.5, 0.6) is 0 Å². The number of rotatable bonds is 4. The highest BCUT2D eigenvalue weighted by Crippen LogP contribution is 2.32. The molecule has 0 aromatic carbocycles. The Balaban J connectivity index is 1.87. The average Bonchev–Trinajstić information content (AvgIpc) is 2.96. The molecule has 2 fully saturated rings. The average molecular weight is 228 g/mol. The summed E-state index contributed by atoms with van der Waals surface area (Å²) in [6, 6.07) is -1.23. The maximum absolute atomic E-state index is 11.7. The van der Waals surface area contributed by atoms with Gasteiger partial charge in [-0.3, -0.25) is 4.79 Å². The first-order valence-electron chi connectivity index (χ1n) is 5.52. The van der Waals surface area contributed by atoms with Crippen LogP contribution >= 0.6 is 0 Å². The van der Waals surface area contributed by atoms with E-state index in [4.69, 9.17) is 5.11 Å². The molecule has 1 saturated heterocycles. The molecule has 3 atom stereocenters. The SMILES string of the molecule is O=C(NC(C(=O)O)C1CC1)C1CC(O)CN1. The van der Waals surface area contributed by atoms with Gasteiger partial charge in [-0.1, -0.05) is 0 Å². The van der Waals surface area contributed by atoms with Gasteiger partial charge in [-0.25, -0.2) is 4.79 Å². The lowest BCUT2D eigenvalue weighted by Crippen LogP contribution is -2.49. The minimum Gasteiger partial charge on any atom is -0.480 e. The van der Waals surface area contributed by atoms with E-state index in [-0.39, 0.29) is 11.8 Å². The lowest BCUT2D eigenvalue weighted by molar-refractivity contribution is -0.142. The van der Waals surface area contributed by atoms with Crippen molar-refractivity contribution in [3.8, 4) is 0 Å². The Labute approximate surface area is 93.0 Å². The molecule has 0 radical (unpaired) electrons. The van der Waals surface area contributed by atoms with Gasteiger partial charge in [0.15, 0.2) is 0 Å². The number of carbonyl (C=O) groups excluding carboxylic acids is 1. The van der Waals surface area contributed by atoms with E-state index in [2.05, 4.69) is 10.6 Å². The van der Waals surface area contributed by atoms with Gasteiger partial charge >= 0.3 is 5.97 Å². The van der Waals surface area contributed by atoms with Gasteiger partial charge in [0.05, 0.1) is 12.1 Å². The smallest absolute Gasteiger partial charge is 0.326 e. The summed E-state index contributed by atoms with van der Waals surface area (Å²) in [5.74, 6) is -1.22. The van der Waals surface area contributed by atoms with E-state index >= 15 is 0 Å². The number of carboxylic acid groups (broad SMARTS) is 1. The van der Waals surface area contributed by atoms with Crippen LogP contribution in [0.2, 0.25) is 0 Å². The van der Waals surface area contributed by atoms with Crippen LogP contribution in [0.3, 0.4) is 0 Å². The third-order valence-electron chi connectivity index (χ3n) is 3.08. The Bertz CT molecular complexity index is 303. The van der Waals surface area contributed by atoms with Crippen molar-refractivity contribution in [3.63, 3.8) is 0 Å². The maximum Gasteiger partial charge on any atom is 0.326 e. The number of aliphatic hydroxyl groups excluding tert-OH is 1. The van der Waals surface area contributed by atoms with Gasteiger partial charge < -0.3 is 20.8 Å². The maximum atomic E-state index is 11.7. The summed E-state index contributed by atoms with van der Waals surface area (Å²) < 4.78 is 0. The summed E-state index contributed by atoms with van der Waals surface area (Å²) in [5, 5.41) is 23.6. The first-order valence-corrected chi connectivity index (χ1v) is 5.52. The summed E-state index contributed by atoms with van der Waals surface area (Å²) in [6.07, 6.45) is 1.55. The topological polar surface area (TPSA) is 98.7 Å². The fourth-order valence-corrected chi connectivity index (χ4v) is 1.98. The van der Waals surface area contributed by atoms with Crippen molar-refractivity contribution in [1.82, 2.24) is 10.6 Å². The summed E-state index contributed by atoms with van der Waals surface area (Å²) >= 11 is 0. The molecular weight excluding hydrogens is 212 g/mol. The number of carboxylic acids is 1. The van der Waals surface area contributed by atoms with Crippen molar-refractivity contribution >= 4 is 11.9 Å². The minimum absolute atomic E-state index is 0.0766. The number of hydrogen-bond acceptors (Lipinski definition) is 4. The van der Waals surface area contributed by atoms with Crippen molar-refractivity contribution in [3.05, 3.63) is 0 Å². The highest BCUT2D eigenvalue weighted by atomic mass is 16.4. The third-order valence-corrected chi connectivity index (χ3v) is 3.08. The van der Waals surface area contributed by atoms with E-state index in [1.54, 1.807) is 0 Å². The normalized spacial score (nSPS) is 31.1. The molecule has 1 aliphatic carbocycles. The lowest BCUT2D eigenvalue weighted by atomic mass is 10.1. The second-order valence-corrected chi connectivity index (χ2v) is 4.51. The number of carbonyl (C=O) groups is 2. The molecule has 16 heavy (non-hydrogen) atoms. The zero-order chi connectivity index (χ0) is 11.7.